The van der Waals surface area contributed by atoms with E-state index in [2.05, 4.69) is 190 Å². The van der Waals surface area contributed by atoms with Crippen LogP contribution in [0.2, 0.25) is 0 Å². The average Bonchev–Trinajstić information content (AvgIpc) is 3.07. The quantitative estimate of drug-likeness (QED) is 0.116. The molecule has 0 amide bonds. The second-order valence-corrected chi connectivity index (χ2v) is 16.2. The summed E-state index contributed by atoms with van der Waals surface area (Å²) >= 11 is 0. The molecule has 60 heavy (non-hydrogen) atoms. The third kappa shape index (κ3) is 15.4. The van der Waals surface area contributed by atoms with E-state index in [9.17, 15) is 0 Å². The number of aromatic nitrogens is 3. The van der Waals surface area contributed by atoms with Crippen LogP contribution in [-0.2, 0) is 25.8 Å². The Balaban J connectivity index is 0.000000439. The Hall–Kier alpha value is -4.62. The van der Waals surface area contributed by atoms with Crippen LogP contribution in [-0.4, -0.2) is 33.1 Å². The smallest absolute Gasteiger partial charge is 0.463 e. The van der Waals surface area contributed by atoms with Gasteiger partial charge in [-0.15, -0.1) is 0 Å². The molecule has 0 saturated heterocycles. The second kappa shape index (κ2) is 24.6. The first kappa shape index (κ1) is 53.4. The van der Waals surface area contributed by atoms with E-state index in [1.807, 2.05) is 30.3 Å². The van der Waals surface area contributed by atoms with Crippen molar-refractivity contribution in [2.75, 3.05) is 5.32 Å². The van der Waals surface area contributed by atoms with Crippen molar-refractivity contribution in [3.8, 4) is 33.8 Å². The van der Waals surface area contributed by atoms with Crippen LogP contribution in [0, 0.1) is 77.2 Å². The molecule has 0 fully saturated rings. The molecule has 3 aromatic heterocycles. The van der Waals surface area contributed by atoms with Gasteiger partial charge in [0, 0.05) is 11.6 Å². The van der Waals surface area contributed by atoms with Crippen LogP contribution in [0.15, 0.2) is 91.0 Å². The number of rotatable bonds is 9. The fourth-order valence-electron chi connectivity index (χ4n) is 7.50. The van der Waals surface area contributed by atoms with Crippen LogP contribution < -0.4 is 5.32 Å². The summed E-state index contributed by atoms with van der Waals surface area (Å²) in [4.78, 5) is 14.1. The SMILES string of the molecule is Cc1cc(C)c(-c2cccc(NC(C)C)n2)c(C)c1.Cc1cc(C)c(-c2cccc([N-]C(C)C)n2)c(C)c1.Cc1cc(C)c(-c2cccc([N-]C(C)C)n2)c(C)c1.[CH3-].[CH3-].[Hf+4]. The van der Waals surface area contributed by atoms with Gasteiger partial charge in [0.1, 0.15) is 5.82 Å². The Morgan fingerprint density at radius 3 is 0.983 bits per heavy atom. The molecule has 0 spiro atoms. The van der Waals surface area contributed by atoms with Crippen LogP contribution in [0.5, 0.6) is 0 Å². The van der Waals surface area contributed by atoms with Crippen LogP contribution >= 0.6 is 0 Å². The van der Waals surface area contributed by atoms with Gasteiger partial charge in [0.15, 0.2) is 0 Å². The third-order valence-corrected chi connectivity index (χ3v) is 9.23. The van der Waals surface area contributed by atoms with Gasteiger partial charge in [0.2, 0.25) is 0 Å². The monoisotopic (exact) mass is 971 g/mol. The Morgan fingerprint density at radius 1 is 0.417 bits per heavy atom. The number of hydrogen-bond acceptors (Lipinski definition) is 4. The summed E-state index contributed by atoms with van der Waals surface area (Å²) in [5, 5.41) is 12.4. The van der Waals surface area contributed by atoms with Crippen LogP contribution in [0.25, 0.3) is 44.4 Å². The van der Waals surface area contributed by atoms with E-state index < -0.39 is 0 Å². The molecule has 0 radical (unpaired) electrons. The van der Waals surface area contributed by atoms with Crippen molar-refractivity contribution >= 4 is 17.5 Å². The molecular weight excluding hydrogens is 899 g/mol. The van der Waals surface area contributed by atoms with Crippen molar-refractivity contribution in [1.29, 1.82) is 0 Å². The number of hydrogen-bond donors (Lipinski definition) is 1. The normalized spacial score (nSPS) is 10.3. The zero-order valence-corrected chi connectivity index (χ0v) is 43.2. The molecule has 0 unspecified atom stereocenters. The molecule has 7 heteroatoms. The molecule has 0 atom stereocenters. The van der Waals surface area contributed by atoms with E-state index in [0.29, 0.717) is 6.04 Å². The Labute approximate surface area is 383 Å². The van der Waals surface area contributed by atoms with E-state index in [1.165, 1.54) is 66.8 Å². The molecule has 0 saturated carbocycles. The molecule has 0 aliphatic rings. The molecule has 6 aromatic rings. The number of anilines is 1. The van der Waals surface area contributed by atoms with Crippen molar-refractivity contribution in [1.82, 2.24) is 15.0 Å². The van der Waals surface area contributed by atoms with Crippen LogP contribution in [0.4, 0.5) is 17.5 Å². The minimum atomic E-state index is 0. The van der Waals surface area contributed by atoms with Gasteiger partial charge >= 0.3 is 25.8 Å². The maximum atomic E-state index is 4.72. The second-order valence-electron chi connectivity index (χ2n) is 16.2. The Kier molecular flexibility index (Phi) is 21.9. The number of nitrogens with one attached hydrogen (secondary N) is 1. The number of benzene rings is 3. The Morgan fingerprint density at radius 2 is 0.700 bits per heavy atom. The average molecular weight is 970 g/mol. The van der Waals surface area contributed by atoms with Crippen molar-refractivity contribution in [3.63, 3.8) is 0 Å². The maximum Gasteiger partial charge on any atom is 4.00 e. The standard InChI is InChI=1S/C17H22N2.2C17H21N2.2CH3.Hf/c3*1-11(2)18-16-8-6-7-15(19-16)17-13(4)9-12(3)10-14(17)5;;;/h6-11H,1-5H3,(H,18,19);2*6-11H,1-5H3;2*1H3;/q;4*-1;+4. The minimum Gasteiger partial charge on any atom is -0.463 e. The molecule has 0 aliphatic carbocycles. The predicted octanol–water partition coefficient (Wildman–Crippen LogP) is 15.6. The van der Waals surface area contributed by atoms with Crippen molar-refractivity contribution in [2.45, 2.75) is 122 Å². The molecule has 6 rings (SSSR count). The summed E-state index contributed by atoms with van der Waals surface area (Å²) in [6, 6.07) is 32.4. The van der Waals surface area contributed by atoms with Gasteiger partial charge in [-0.1, -0.05) is 135 Å². The minimum absolute atomic E-state index is 0. The van der Waals surface area contributed by atoms with Gasteiger partial charge in [0.05, 0.1) is 5.69 Å². The predicted molar refractivity (Wildman–Crippen MR) is 260 cm³/mol. The number of aryl methyl sites for hydroxylation is 9. The van der Waals surface area contributed by atoms with Gasteiger partial charge < -0.3 is 40.8 Å². The number of nitrogens with zero attached hydrogens (tertiary/aromatic N) is 5. The molecule has 0 aliphatic heterocycles. The van der Waals surface area contributed by atoms with E-state index >= 15 is 0 Å². The van der Waals surface area contributed by atoms with E-state index in [1.54, 1.807) is 0 Å². The van der Waals surface area contributed by atoms with E-state index in [0.717, 1.165) is 34.5 Å². The molecule has 3 heterocycles. The summed E-state index contributed by atoms with van der Waals surface area (Å²) in [5.74, 6) is 2.56. The molecule has 0 bridgehead atoms. The first-order valence-electron chi connectivity index (χ1n) is 20.3. The van der Waals surface area contributed by atoms with Crippen molar-refractivity contribution < 1.29 is 25.8 Å². The topological polar surface area (TPSA) is 78.9 Å². The van der Waals surface area contributed by atoms with Crippen molar-refractivity contribution in [3.05, 3.63) is 167 Å². The summed E-state index contributed by atoms with van der Waals surface area (Å²) in [6.45, 7) is 31.8. The zero-order valence-electron chi connectivity index (χ0n) is 39.6. The van der Waals surface area contributed by atoms with Crippen LogP contribution in [0.1, 0.15) is 91.6 Å². The van der Waals surface area contributed by atoms with E-state index in [-0.39, 0.29) is 52.8 Å². The molecule has 6 nitrogen and oxygen atoms in total. The third-order valence-electron chi connectivity index (χ3n) is 9.23. The largest absolute Gasteiger partial charge is 4.00 e. The number of pyridine rings is 3. The van der Waals surface area contributed by atoms with Gasteiger partial charge in [-0.25, -0.2) is 4.98 Å². The summed E-state index contributed by atoms with van der Waals surface area (Å²) in [5.41, 5.74) is 18.3. The van der Waals surface area contributed by atoms with Gasteiger partial charge in [-0.2, -0.15) is 0 Å². The summed E-state index contributed by atoms with van der Waals surface area (Å²) in [7, 11) is 0. The Bertz CT molecular complexity index is 1950. The fourth-order valence-corrected chi connectivity index (χ4v) is 7.50. The first-order valence-corrected chi connectivity index (χ1v) is 20.3. The fraction of sp³-hybridized carbons (Fsp3) is 0.340. The maximum absolute atomic E-state index is 4.72. The molecular formula is C53H70HfN6. The molecule has 316 valence electrons. The van der Waals surface area contributed by atoms with Gasteiger partial charge in [-0.3, -0.25) is 0 Å². The summed E-state index contributed by atoms with van der Waals surface area (Å²) < 4.78 is 0. The molecule has 1 N–H and O–H groups in total. The van der Waals surface area contributed by atoms with Crippen molar-refractivity contribution in [2.24, 2.45) is 0 Å². The van der Waals surface area contributed by atoms with Gasteiger partial charge in [0.25, 0.3) is 0 Å². The zero-order chi connectivity index (χ0) is 42.0. The summed E-state index contributed by atoms with van der Waals surface area (Å²) in [6.07, 6.45) is 0. The van der Waals surface area contributed by atoms with E-state index in [4.69, 9.17) is 4.98 Å². The van der Waals surface area contributed by atoms with Crippen LogP contribution in [0.3, 0.4) is 0 Å². The van der Waals surface area contributed by atoms with Gasteiger partial charge in [-0.05, 0) is 156 Å². The first-order chi connectivity index (χ1) is 26.9. The molecule has 3 aromatic carbocycles.